The van der Waals surface area contributed by atoms with E-state index in [1.807, 2.05) is 55.5 Å². The Morgan fingerprint density at radius 3 is 2.73 bits per heavy atom. The Labute approximate surface area is 135 Å². The maximum Gasteiger partial charge on any atom is 0.315 e. The van der Waals surface area contributed by atoms with Crippen LogP contribution in [0.4, 0.5) is 4.79 Å². The van der Waals surface area contributed by atoms with Gasteiger partial charge in [-0.3, -0.25) is 0 Å². The van der Waals surface area contributed by atoms with E-state index >= 15 is 0 Å². The summed E-state index contributed by atoms with van der Waals surface area (Å²) in [6.45, 7) is 2.32. The molecule has 0 bridgehead atoms. The number of hydrogen-bond acceptors (Lipinski definition) is 2. The predicted octanol–water partition coefficient (Wildman–Crippen LogP) is 3.91. The number of carbonyl (C=O) groups excluding carboxylic acids is 1. The Kier molecular flexibility index (Phi) is 5.67. The lowest BCUT2D eigenvalue weighted by atomic mass is 10.1. The molecule has 2 N–H and O–H groups in total. The third-order valence-electron chi connectivity index (χ3n) is 3.31. The molecule has 0 radical (unpaired) electrons. The van der Waals surface area contributed by atoms with Gasteiger partial charge in [0.05, 0.1) is 13.2 Å². The lowest BCUT2D eigenvalue weighted by Gasteiger charge is -2.16. The van der Waals surface area contributed by atoms with Crippen molar-refractivity contribution in [1.29, 1.82) is 0 Å². The molecule has 2 aromatic carbocycles. The SMILES string of the molecule is COc1cccc(CNC(=O)N[C@@H](C)c2ccccc2Cl)c1. The maximum absolute atomic E-state index is 12.0. The van der Waals surface area contributed by atoms with Crippen molar-refractivity contribution in [2.75, 3.05) is 7.11 Å². The first-order valence-electron chi connectivity index (χ1n) is 7.02. The van der Waals surface area contributed by atoms with Crippen LogP contribution >= 0.6 is 11.6 Å². The molecule has 0 saturated carbocycles. The van der Waals surface area contributed by atoms with Gasteiger partial charge in [-0.25, -0.2) is 4.79 Å². The van der Waals surface area contributed by atoms with Crippen LogP contribution in [-0.2, 0) is 6.54 Å². The summed E-state index contributed by atoms with van der Waals surface area (Å²) in [5.41, 5.74) is 1.86. The predicted molar refractivity (Wildman–Crippen MR) is 88.2 cm³/mol. The minimum absolute atomic E-state index is 0.168. The lowest BCUT2D eigenvalue weighted by Crippen LogP contribution is -2.36. The number of nitrogens with one attached hydrogen (secondary N) is 2. The van der Waals surface area contributed by atoms with Crippen molar-refractivity contribution in [3.63, 3.8) is 0 Å². The molecule has 1 atom stereocenters. The largest absolute Gasteiger partial charge is 0.497 e. The monoisotopic (exact) mass is 318 g/mol. The van der Waals surface area contributed by atoms with E-state index in [-0.39, 0.29) is 12.1 Å². The van der Waals surface area contributed by atoms with Gasteiger partial charge in [-0.2, -0.15) is 0 Å². The van der Waals surface area contributed by atoms with Gasteiger partial charge in [0.25, 0.3) is 0 Å². The first-order valence-corrected chi connectivity index (χ1v) is 7.39. The topological polar surface area (TPSA) is 50.4 Å². The summed E-state index contributed by atoms with van der Waals surface area (Å²) < 4.78 is 5.15. The molecule has 2 aromatic rings. The fourth-order valence-electron chi connectivity index (χ4n) is 2.12. The van der Waals surface area contributed by atoms with Gasteiger partial charge in [-0.05, 0) is 36.2 Å². The highest BCUT2D eigenvalue weighted by molar-refractivity contribution is 6.31. The molecule has 2 amide bonds. The summed E-state index contributed by atoms with van der Waals surface area (Å²) in [5.74, 6) is 0.768. The molecule has 0 fully saturated rings. The average molecular weight is 319 g/mol. The fraction of sp³-hybridized carbons (Fsp3) is 0.235. The molecule has 0 aromatic heterocycles. The Bertz CT molecular complexity index is 646. The zero-order valence-corrected chi connectivity index (χ0v) is 13.4. The Morgan fingerprint density at radius 2 is 2.00 bits per heavy atom. The minimum atomic E-state index is -0.241. The molecule has 0 saturated heterocycles. The van der Waals surface area contributed by atoms with E-state index in [2.05, 4.69) is 10.6 Å². The second kappa shape index (κ2) is 7.71. The van der Waals surface area contributed by atoms with Gasteiger partial charge in [-0.15, -0.1) is 0 Å². The third-order valence-corrected chi connectivity index (χ3v) is 3.65. The van der Waals surface area contributed by atoms with Crippen molar-refractivity contribution in [2.45, 2.75) is 19.5 Å². The second-order valence-corrected chi connectivity index (χ2v) is 5.33. The summed E-state index contributed by atoms with van der Waals surface area (Å²) in [7, 11) is 1.62. The number of halogens is 1. The highest BCUT2D eigenvalue weighted by Gasteiger charge is 2.11. The number of amides is 2. The quantitative estimate of drug-likeness (QED) is 0.878. The van der Waals surface area contributed by atoms with Crippen molar-refractivity contribution in [3.05, 3.63) is 64.7 Å². The van der Waals surface area contributed by atoms with Crippen LogP contribution in [0.25, 0.3) is 0 Å². The maximum atomic E-state index is 12.0. The molecule has 0 unspecified atom stereocenters. The molecule has 22 heavy (non-hydrogen) atoms. The summed E-state index contributed by atoms with van der Waals surface area (Å²) in [6.07, 6.45) is 0. The van der Waals surface area contributed by atoms with Gasteiger partial charge in [0.1, 0.15) is 5.75 Å². The van der Waals surface area contributed by atoms with Crippen LogP contribution in [0.15, 0.2) is 48.5 Å². The third kappa shape index (κ3) is 4.40. The van der Waals surface area contributed by atoms with Gasteiger partial charge in [0.15, 0.2) is 0 Å². The number of ether oxygens (including phenoxy) is 1. The summed E-state index contributed by atoms with van der Waals surface area (Å²) in [5, 5.41) is 6.33. The Hall–Kier alpha value is -2.20. The van der Waals surface area contributed by atoms with Crippen LogP contribution < -0.4 is 15.4 Å². The van der Waals surface area contributed by atoms with Crippen LogP contribution in [0.5, 0.6) is 5.75 Å². The van der Waals surface area contributed by atoms with Gasteiger partial charge in [0, 0.05) is 11.6 Å². The number of hydrogen-bond donors (Lipinski definition) is 2. The zero-order chi connectivity index (χ0) is 15.9. The van der Waals surface area contributed by atoms with Crippen molar-refractivity contribution < 1.29 is 9.53 Å². The summed E-state index contributed by atoms with van der Waals surface area (Å²) in [6, 6.07) is 14.6. The Balaban J connectivity index is 1.89. The van der Waals surface area contributed by atoms with E-state index in [0.29, 0.717) is 11.6 Å². The van der Waals surface area contributed by atoms with Crippen molar-refractivity contribution in [2.24, 2.45) is 0 Å². The molecule has 116 valence electrons. The van der Waals surface area contributed by atoms with Gasteiger partial charge < -0.3 is 15.4 Å². The average Bonchev–Trinajstić information content (AvgIpc) is 2.53. The molecule has 5 heteroatoms. The molecule has 2 rings (SSSR count). The summed E-state index contributed by atoms with van der Waals surface area (Å²) >= 11 is 6.12. The number of methoxy groups -OCH3 is 1. The fourth-order valence-corrected chi connectivity index (χ4v) is 2.42. The van der Waals surface area contributed by atoms with Crippen molar-refractivity contribution in [3.8, 4) is 5.75 Å². The van der Waals surface area contributed by atoms with Gasteiger partial charge in [-0.1, -0.05) is 41.9 Å². The first kappa shape index (κ1) is 16.2. The minimum Gasteiger partial charge on any atom is -0.497 e. The second-order valence-electron chi connectivity index (χ2n) is 4.92. The number of rotatable bonds is 5. The van der Waals surface area contributed by atoms with E-state index < -0.39 is 0 Å². The molecule has 0 aliphatic carbocycles. The smallest absolute Gasteiger partial charge is 0.315 e. The molecular weight excluding hydrogens is 300 g/mol. The highest BCUT2D eigenvalue weighted by Crippen LogP contribution is 2.21. The molecule has 0 aliphatic heterocycles. The van der Waals surface area contributed by atoms with E-state index in [0.717, 1.165) is 16.9 Å². The van der Waals surface area contributed by atoms with E-state index in [1.54, 1.807) is 7.11 Å². The normalized spacial score (nSPS) is 11.6. The number of urea groups is 1. The van der Waals surface area contributed by atoms with Crippen molar-refractivity contribution in [1.82, 2.24) is 10.6 Å². The van der Waals surface area contributed by atoms with E-state index in [9.17, 15) is 4.79 Å². The molecule has 0 heterocycles. The van der Waals surface area contributed by atoms with Gasteiger partial charge in [0.2, 0.25) is 0 Å². The van der Waals surface area contributed by atoms with Crippen molar-refractivity contribution >= 4 is 17.6 Å². The van der Waals surface area contributed by atoms with Gasteiger partial charge >= 0.3 is 6.03 Å². The van der Waals surface area contributed by atoms with Crippen LogP contribution in [0.3, 0.4) is 0 Å². The zero-order valence-electron chi connectivity index (χ0n) is 12.6. The standard InChI is InChI=1S/C17H19ClN2O2/c1-12(15-8-3-4-9-16(15)18)20-17(21)19-11-13-6-5-7-14(10-13)22-2/h3-10,12H,11H2,1-2H3,(H2,19,20,21)/t12-/m0/s1. The van der Waals surface area contributed by atoms with E-state index in [4.69, 9.17) is 16.3 Å². The Morgan fingerprint density at radius 1 is 1.23 bits per heavy atom. The molecule has 0 spiro atoms. The number of carbonyl (C=O) groups is 1. The molecule has 4 nitrogen and oxygen atoms in total. The molecule has 0 aliphatic rings. The van der Waals surface area contributed by atoms with Crippen LogP contribution in [0.1, 0.15) is 24.1 Å². The van der Waals surface area contributed by atoms with Crippen LogP contribution in [0.2, 0.25) is 5.02 Å². The molecular formula is C17H19ClN2O2. The summed E-state index contributed by atoms with van der Waals surface area (Å²) in [4.78, 5) is 12.0. The van der Waals surface area contributed by atoms with E-state index in [1.165, 1.54) is 0 Å². The van der Waals surface area contributed by atoms with Crippen LogP contribution in [0, 0.1) is 0 Å². The van der Waals surface area contributed by atoms with Crippen LogP contribution in [-0.4, -0.2) is 13.1 Å². The number of benzene rings is 2. The first-order chi connectivity index (χ1) is 10.6. The highest BCUT2D eigenvalue weighted by atomic mass is 35.5. The lowest BCUT2D eigenvalue weighted by molar-refractivity contribution is 0.237.